The first kappa shape index (κ1) is 18.3. The quantitative estimate of drug-likeness (QED) is 0.866. The normalized spacial score (nSPS) is 18.4. The second kappa shape index (κ2) is 8.73. The van der Waals surface area contributed by atoms with Crippen molar-refractivity contribution in [2.24, 2.45) is 5.92 Å². The number of nitrogens with zero attached hydrogens (tertiary/aromatic N) is 1. The third kappa shape index (κ3) is 4.99. The maximum absolute atomic E-state index is 13.2. The van der Waals surface area contributed by atoms with Gasteiger partial charge in [0.1, 0.15) is 0 Å². The van der Waals surface area contributed by atoms with E-state index >= 15 is 0 Å². The summed E-state index contributed by atoms with van der Waals surface area (Å²) < 4.78 is 31.1. The van der Waals surface area contributed by atoms with Gasteiger partial charge in [-0.3, -0.25) is 9.59 Å². The van der Waals surface area contributed by atoms with Gasteiger partial charge < -0.3 is 15.0 Å². The molecule has 1 unspecified atom stereocenters. The Kier molecular flexibility index (Phi) is 6.66. The summed E-state index contributed by atoms with van der Waals surface area (Å²) in [6.07, 6.45) is 2.45. The smallest absolute Gasteiger partial charge is 0.226 e. The van der Waals surface area contributed by atoms with Gasteiger partial charge in [0.2, 0.25) is 11.8 Å². The highest BCUT2D eigenvalue weighted by atomic mass is 19.2. The van der Waals surface area contributed by atoms with Gasteiger partial charge in [0, 0.05) is 44.3 Å². The topological polar surface area (TPSA) is 58.6 Å². The molecular weight excluding hydrogens is 318 g/mol. The number of carbonyl (C=O) groups excluding carboxylic acids is 2. The van der Waals surface area contributed by atoms with Crippen LogP contribution in [0.4, 0.5) is 14.5 Å². The van der Waals surface area contributed by atoms with E-state index in [1.165, 1.54) is 6.07 Å². The van der Waals surface area contributed by atoms with Gasteiger partial charge in [0.05, 0.1) is 6.61 Å². The van der Waals surface area contributed by atoms with Crippen LogP contribution in [0.3, 0.4) is 0 Å². The monoisotopic (exact) mass is 340 g/mol. The van der Waals surface area contributed by atoms with Crippen molar-refractivity contribution in [1.82, 2.24) is 4.90 Å². The average Bonchev–Trinajstić information content (AvgIpc) is 2.71. The van der Waals surface area contributed by atoms with Crippen LogP contribution in [0.25, 0.3) is 0 Å². The number of hydrogen-bond acceptors (Lipinski definition) is 3. The van der Waals surface area contributed by atoms with Gasteiger partial charge in [-0.1, -0.05) is 6.42 Å². The Morgan fingerprint density at radius 3 is 2.83 bits per heavy atom. The van der Waals surface area contributed by atoms with Crippen molar-refractivity contribution in [2.75, 3.05) is 32.1 Å². The highest BCUT2D eigenvalue weighted by Crippen LogP contribution is 2.22. The van der Waals surface area contributed by atoms with Crippen LogP contribution in [-0.4, -0.2) is 43.5 Å². The van der Waals surface area contributed by atoms with E-state index in [0.717, 1.165) is 25.0 Å². The number of amides is 2. The van der Waals surface area contributed by atoms with Gasteiger partial charge in [-0.15, -0.1) is 0 Å². The Balaban J connectivity index is 1.95. The van der Waals surface area contributed by atoms with Crippen molar-refractivity contribution in [3.8, 4) is 0 Å². The molecule has 0 spiro atoms. The van der Waals surface area contributed by atoms with E-state index in [9.17, 15) is 18.4 Å². The minimum atomic E-state index is -1.02. The van der Waals surface area contributed by atoms with Gasteiger partial charge in [-0.25, -0.2) is 8.78 Å². The van der Waals surface area contributed by atoms with Crippen molar-refractivity contribution in [3.05, 3.63) is 29.8 Å². The van der Waals surface area contributed by atoms with E-state index in [2.05, 4.69) is 5.32 Å². The molecule has 0 radical (unpaired) electrons. The first-order valence-corrected chi connectivity index (χ1v) is 8.04. The molecule has 0 bridgehead atoms. The molecule has 1 fully saturated rings. The molecule has 7 heteroatoms. The predicted molar refractivity (Wildman–Crippen MR) is 85.4 cm³/mol. The fourth-order valence-electron chi connectivity index (χ4n) is 2.81. The predicted octanol–water partition coefficient (Wildman–Crippen LogP) is 2.57. The van der Waals surface area contributed by atoms with Crippen LogP contribution >= 0.6 is 0 Å². The summed E-state index contributed by atoms with van der Waals surface area (Å²) in [5.41, 5.74) is 0.177. The summed E-state index contributed by atoms with van der Waals surface area (Å²) in [6.45, 7) is 1.64. The highest BCUT2D eigenvalue weighted by Gasteiger charge is 2.28. The number of carbonyl (C=O) groups is 2. The first-order valence-electron chi connectivity index (χ1n) is 8.04. The minimum Gasteiger partial charge on any atom is -0.383 e. The Bertz CT molecular complexity index is 595. The standard InChI is InChI=1S/C17H22F2N2O3/c1-24-9-8-21-7-3-2-4-12(17(21)23)10-16(22)20-13-5-6-14(18)15(19)11-13/h5-6,11-12H,2-4,7-10H2,1H3,(H,20,22). The van der Waals surface area contributed by atoms with Crippen LogP contribution in [-0.2, 0) is 14.3 Å². The number of anilines is 1. The Morgan fingerprint density at radius 2 is 2.12 bits per heavy atom. The summed E-state index contributed by atoms with van der Waals surface area (Å²) in [5.74, 6) is -2.82. The molecule has 1 heterocycles. The maximum Gasteiger partial charge on any atom is 0.226 e. The molecule has 1 aliphatic heterocycles. The number of ether oxygens (including phenoxy) is 1. The van der Waals surface area contributed by atoms with E-state index in [0.29, 0.717) is 26.1 Å². The highest BCUT2D eigenvalue weighted by molar-refractivity contribution is 5.94. The van der Waals surface area contributed by atoms with Crippen LogP contribution in [0.5, 0.6) is 0 Å². The lowest BCUT2D eigenvalue weighted by Gasteiger charge is -2.23. The van der Waals surface area contributed by atoms with Gasteiger partial charge in [0.15, 0.2) is 11.6 Å². The van der Waals surface area contributed by atoms with Crippen molar-refractivity contribution in [1.29, 1.82) is 0 Å². The first-order chi connectivity index (χ1) is 11.5. The van der Waals surface area contributed by atoms with Crippen LogP contribution < -0.4 is 5.32 Å². The van der Waals surface area contributed by atoms with Crippen LogP contribution in [0, 0.1) is 17.6 Å². The fraction of sp³-hybridized carbons (Fsp3) is 0.529. The Morgan fingerprint density at radius 1 is 1.33 bits per heavy atom. The minimum absolute atomic E-state index is 0.0291. The lowest BCUT2D eigenvalue weighted by Crippen LogP contribution is -2.38. The molecule has 0 aromatic heterocycles. The van der Waals surface area contributed by atoms with Crippen LogP contribution in [0.1, 0.15) is 25.7 Å². The van der Waals surface area contributed by atoms with Crippen LogP contribution in [0.15, 0.2) is 18.2 Å². The third-order valence-corrected chi connectivity index (χ3v) is 4.09. The van der Waals surface area contributed by atoms with Gasteiger partial charge in [0.25, 0.3) is 0 Å². The van der Waals surface area contributed by atoms with E-state index < -0.39 is 17.6 Å². The molecule has 1 aromatic carbocycles. The number of hydrogen-bond donors (Lipinski definition) is 1. The molecule has 132 valence electrons. The average molecular weight is 340 g/mol. The molecule has 2 rings (SSSR count). The summed E-state index contributed by atoms with van der Waals surface area (Å²) in [4.78, 5) is 26.4. The molecule has 2 amide bonds. The molecule has 1 aliphatic rings. The van der Waals surface area contributed by atoms with E-state index in [1.54, 1.807) is 12.0 Å². The van der Waals surface area contributed by atoms with Gasteiger partial charge >= 0.3 is 0 Å². The summed E-state index contributed by atoms with van der Waals surface area (Å²) in [7, 11) is 1.58. The molecule has 0 saturated carbocycles. The molecular formula is C17H22F2N2O3. The lowest BCUT2D eigenvalue weighted by molar-refractivity contribution is -0.137. The molecule has 0 aliphatic carbocycles. The van der Waals surface area contributed by atoms with E-state index in [1.807, 2.05) is 0 Å². The molecule has 1 saturated heterocycles. The maximum atomic E-state index is 13.2. The number of rotatable bonds is 6. The van der Waals surface area contributed by atoms with Crippen molar-refractivity contribution in [3.63, 3.8) is 0 Å². The Hall–Kier alpha value is -2.02. The zero-order valence-corrected chi connectivity index (χ0v) is 13.7. The zero-order valence-electron chi connectivity index (χ0n) is 13.7. The van der Waals surface area contributed by atoms with Gasteiger partial charge in [-0.05, 0) is 25.0 Å². The van der Waals surface area contributed by atoms with Crippen molar-refractivity contribution in [2.45, 2.75) is 25.7 Å². The molecule has 1 aromatic rings. The van der Waals surface area contributed by atoms with Crippen molar-refractivity contribution < 1.29 is 23.1 Å². The molecule has 5 nitrogen and oxygen atoms in total. The number of likely N-dealkylation sites (tertiary alicyclic amines) is 1. The third-order valence-electron chi connectivity index (χ3n) is 4.09. The fourth-order valence-corrected chi connectivity index (χ4v) is 2.81. The van der Waals surface area contributed by atoms with Crippen molar-refractivity contribution >= 4 is 17.5 Å². The number of nitrogens with one attached hydrogen (secondary N) is 1. The molecule has 1 atom stereocenters. The number of methoxy groups -OCH3 is 1. The second-order valence-corrected chi connectivity index (χ2v) is 5.89. The lowest BCUT2D eigenvalue weighted by atomic mass is 9.98. The Labute approximate surface area is 140 Å². The molecule has 1 N–H and O–H groups in total. The summed E-state index contributed by atoms with van der Waals surface area (Å²) >= 11 is 0. The van der Waals surface area contributed by atoms with Gasteiger partial charge in [-0.2, -0.15) is 0 Å². The number of benzene rings is 1. The second-order valence-electron chi connectivity index (χ2n) is 5.89. The number of halogens is 2. The summed E-state index contributed by atoms with van der Waals surface area (Å²) in [5, 5.41) is 2.52. The SMILES string of the molecule is COCCN1CCCCC(CC(=O)Nc2ccc(F)c(F)c2)C1=O. The summed E-state index contributed by atoms with van der Waals surface area (Å²) in [6, 6.07) is 3.16. The van der Waals surface area contributed by atoms with E-state index in [4.69, 9.17) is 4.74 Å². The van der Waals surface area contributed by atoms with Crippen LogP contribution in [0.2, 0.25) is 0 Å². The largest absolute Gasteiger partial charge is 0.383 e. The molecule has 24 heavy (non-hydrogen) atoms. The zero-order chi connectivity index (χ0) is 17.5. The van der Waals surface area contributed by atoms with E-state index in [-0.39, 0.29) is 23.9 Å².